The molecule has 0 radical (unpaired) electrons. The van der Waals surface area contributed by atoms with Crippen LogP contribution in [0.5, 0.6) is 0 Å². The third-order valence-electron chi connectivity index (χ3n) is 2.85. The van der Waals surface area contributed by atoms with Gasteiger partial charge in [-0.15, -0.1) is 10.2 Å². The van der Waals surface area contributed by atoms with Crippen molar-refractivity contribution in [1.82, 2.24) is 20.6 Å². The standard InChI is InChI=1S/C11H12N4O/c1-2-4-9-8(3-1)5-6-16-10(9)7-11-12-14-15-13-11/h1-4,10H,5-7H2,(H,12,13,14,15). The Morgan fingerprint density at radius 2 is 2.31 bits per heavy atom. The highest BCUT2D eigenvalue weighted by Gasteiger charge is 2.21. The van der Waals surface area contributed by atoms with Gasteiger partial charge in [-0.3, -0.25) is 0 Å². The minimum atomic E-state index is 0.0579. The van der Waals surface area contributed by atoms with Crippen molar-refractivity contribution < 1.29 is 4.74 Å². The quantitative estimate of drug-likeness (QED) is 0.815. The second-order valence-corrected chi connectivity index (χ2v) is 3.84. The molecule has 16 heavy (non-hydrogen) atoms. The van der Waals surface area contributed by atoms with Crippen molar-refractivity contribution in [2.45, 2.75) is 18.9 Å². The fourth-order valence-corrected chi connectivity index (χ4v) is 2.08. The van der Waals surface area contributed by atoms with Crippen molar-refractivity contribution in [3.8, 4) is 0 Å². The molecule has 1 aliphatic rings. The maximum absolute atomic E-state index is 5.76. The minimum Gasteiger partial charge on any atom is -0.373 e. The van der Waals surface area contributed by atoms with Crippen LogP contribution in [-0.4, -0.2) is 27.2 Å². The number of aromatic amines is 1. The SMILES string of the molecule is c1ccc2c(c1)CCOC2Cc1nn[nH]n1. The van der Waals surface area contributed by atoms with Crippen molar-refractivity contribution in [2.75, 3.05) is 6.61 Å². The molecule has 1 unspecified atom stereocenters. The summed E-state index contributed by atoms with van der Waals surface area (Å²) in [5, 5.41) is 13.9. The molecule has 0 aliphatic carbocycles. The molecular weight excluding hydrogens is 204 g/mol. The molecule has 0 amide bonds. The van der Waals surface area contributed by atoms with Crippen LogP contribution < -0.4 is 0 Å². The van der Waals surface area contributed by atoms with Crippen LogP contribution in [0.3, 0.4) is 0 Å². The van der Waals surface area contributed by atoms with E-state index < -0.39 is 0 Å². The van der Waals surface area contributed by atoms with Crippen molar-refractivity contribution in [3.63, 3.8) is 0 Å². The summed E-state index contributed by atoms with van der Waals surface area (Å²) in [6, 6.07) is 8.37. The van der Waals surface area contributed by atoms with Crippen molar-refractivity contribution in [2.24, 2.45) is 0 Å². The van der Waals surface area contributed by atoms with Crippen LogP contribution in [0.4, 0.5) is 0 Å². The van der Waals surface area contributed by atoms with Gasteiger partial charge in [0, 0.05) is 6.42 Å². The molecule has 1 aromatic carbocycles. The van der Waals surface area contributed by atoms with Gasteiger partial charge in [0.25, 0.3) is 0 Å². The number of ether oxygens (including phenoxy) is 1. The Balaban J connectivity index is 1.87. The molecule has 5 nitrogen and oxygen atoms in total. The second-order valence-electron chi connectivity index (χ2n) is 3.84. The smallest absolute Gasteiger partial charge is 0.177 e. The Kier molecular flexibility index (Phi) is 2.38. The van der Waals surface area contributed by atoms with Gasteiger partial charge in [-0.05, 0) is 17.5 Å². The van der Waals surface area contributed by atoms with E-state index in [1.54, 1.807) is 0 Å². The minimum absolute atomic E-state index is 0.0579. The first-order chi connectivity index (χ1) is 7.93. The summed E-state index contributed by atoms with van der Waals surface area (Å²) in [6.07, 6.45) is 1.72. The van der Waals surface area contributed by atoms with Crippen molar-refractivity contribution in [3.05, 3.63) is 41.2 Å². The van der Waals surface area contributed by atoms with Gasteiger partial charge in [-0.1, -0.05) is 29.5 Å². The van der Waals surface area contributed by atoms with Crippen molar-refractivity contribution in [1.29, 1.82) is 0 Å². The van der Waals surface area contributed by atoms with Gasteiger partial charge in [-0.2, -0.15) is 5.21 Å². The molecule has 3 rings (SSSR count). The van der Waals surface area contributed by atoms with Crippen LogP contribution in [0, 0.1) is 0 Å². The van der Waals surface area contributed by atoms with Crippen LogP contribution in [-0.2, 0) is 17.6 Å². The van der Waals surface area contributed by atoms with E-state index in [9.17, 15) is 0 Å². The van der Waals surface area contributed by atoms with E-state index in [1.807, 2.05) is 6.07 Å². The zero-order chi connectivity index (χ0) is 10.8. The summed E-state index contributed by atoms with van der Waals surface area (Å²) in [5.74, 6) is 0.696. The number of fused-ring (bicyclic) bond motifs is 1. The molecule has 1 atom stereocenters. The topological polar surface area (TPSA) is 63.7 Å². The number of hydrogen-bond acceptors (Lipinski definition) is 4. The molecule has 0 spiro atoms. The van der Waals surface area contributed by atoms with Crippen LogP contribution in [0.25, 0.3) is 0 Å². The summed E-state index contributed by atoms with van der Waals surface area (Å²) in [5.41, 5.74) is 2.61. The molecule has 1 aliphatic heterocycles. The van der Waals surface area contributed by atoms with E-state index >= 15 is 0 Å². The van der Waals surface area contributed by atoms with E-state index in [4.69, 9.17) is 4.74 Å². The van der Waals surface area contributed by atoms with Crippen LogP contribution >= 0.6 is 0 Å². The van der Waals surface area contributed by atoms with Crippen LogP contribution in [0.2, 0.25) is 0 Å². The highest BCUT2D eigenvalue weighted by atomic mass is 16.5. The van der Waals surface area contributed by atoms with E-state index in [1.165, 1.54) is 11.1 Å². The molecule has 0 saturated carbocycles. The number of aromatic nitrogens is 4. The molecule has 1 N–H and O–H groups in total. The van der Waals surface area contributed by atoms with Gasteiger partial charge < -0.3 is 4.74 Å². The Morgan fingerprint density at radius 1 is 1.38 bits per heavy atom. The van der Waals surface area contributed by atoms with E-state index in [-0.39, 0.29) is 6.10 Å². The number of benzene rings is 1. The third-order valence-corrected chi connectivity index (χ3v) is 2.85. The lowest BCUT2D eigenvalue weighted by molar-refractivity contribution is 0.0414. The lowest BCUT2D eigenvalue weighted by Gasteiger charge is -2.24. The molecular formula is C11H12N4O. The van der Waals surface area contributed by atoms with Gasteiger partial charge in [0.05, 0.1) is 12.7 Å². The highest BCUT2D eigenvalue weighted by Crippen LogP contribution is 2.28. The maximum Gasteiger partial charge on any atom is 0.177 e. The molecule has 1 aromatic heterocycles. The zero-order valence-corrected chi connectivity index (χ0v) is 8.76. The Morgan fingerprint density at radius 3 is 3.19 bits per heavy atom. The van der Waals surface area contributed by atoms with E-state index in [0.717, 1.165) is 13.0 Å². The molecule has 2 heterocycles. The van der Waals surface area contributed by atoms with Gasteiger partial charge in [0.2, 0.25) is 0 Å². The monoisotopic (exact) mass is 216 g/mol. The van der Waals surface area contributed by atoms with E-state index in [2.05, 4.69) is 38.8 Å². The van der Waals surface area contributed by atoms with E-state index in [0.29, 0.717) is 12.2 Å². The summed E-state index contributed by atoms with van der Waals surface area (Å²) < 4.78 is 5.76. The summed E-state index contributed by atoms with van der Waals surface area (Å²) >= 11 is 0. The molecule has 0 saturated heterocycles. The number of hydrogen-bond donors (Lipinski definition) is 1. The van der Waals surface area contributed by atoms with Gasteiger partial charge in [0.1, 0.15) is 0 Å². The number of rotatable bonds is 2. The zero-order valence-electron chi connectivity index (χ0n) is 8.76. The van der Waals surface area contributed by atoms with Crippen LogP contribution in [0.1, 0.15) is 23.1 Å². The first-order valence-corrected chi connectivity index (χ1v) is 5.35. The molecule has 82 valence electrons. The average molecular weight is 216 g/mol. The molecule has 5 heteroatoms. The fourth-order valence-electron chi connectivity index (χ4n) is 2.08. The van der Waals surface area contributed by atoms with Gasteiger partial charge in [0.15, 0.2) is 5.82 Å². The van der Waals surface area contributed by atoms with Crippen molar-refractivity contribution >= 4 is 0 Å². The Bertz CT molecular complexity index is 469. The third kappa shape index (κ3) is 1.69. The Hall–Kier alpha value is -1.75. The number of nitrogens with zero attached hydrogens (tertiary/aromatic N) is 3. The predicted molar refractivity (Wildman–Crippen MR) is 56.7 cm³/mol. The largest absolute Gasteiger partial charge is 0.373 e. The summed E-state index contributed by atoms with van der Waals surface area (Å²) in [6.45, 7) is 0.763. The van der Waals surface area contributed by atoms with Crippen LogP contribution in [0.15, 0.2) is 24.3 Å². The molecule has 0 fully saturated rings. The lowest BCUT2D eigenvalue weighted by atomic mass is 9.96. The average Bonchev–Trinajstić information content (AvgIpc) is 2.82. The molecule has 0 bridgehead atoms. The maximum atomic E-state index is 5.76. The number of tetrazole rings is 1. The predicted octanol–water partition coefficient (Wildman–Crippen LogP) is 1.06. The first-order valence-electron chi connectivity index (χ1n) is 5.35. The number of nitrogens with one attached hydrogen (secondary N) is 1. The summed E-state index contributed by atoms with van der Waals surface area (Å²) in [7, 11) is 0. The van der Waals surface area contributed by atoms with Gasteiger partial charge in [-0.25, -0.2) is 0 Å². The summed E-state index contributed by atoms with van der Waals surface area (Å²) in [4.78, 5) is 0. The Labute approximate surface area is 92.8 Å². The fraction of sp³-hybridized carbons (Fsp3) is 0.364. The normalized spacial score (nSPS) is 19.4. The highest BCUT2D eigenvalue weighted by molar-refractivity contribution is 5.31. The number of H-pyrrole nitrogens is 1. The first kappa shape index (κ1) is 9.47. The van der Waals surface area contributed by atoms with Gasteiger partial charge >= 0.3 is 0 Å². The second kappa shape index (κ2) is 4.02. The molecule has 2 aromatic rings. The lowest BCUT2D eigenvalue weighted by Crippen LogP contribution is -2.18.